The van der Waals surface area contributed by atoms with Crippen molar-refractivity contribution in [1.82, 2.24) is 9.88 Å². The van der Waals surface area contributed by atoms with Gasteiger partial charge in [0.05, 0.1) is 15.2 Å². The van der Waals surface area contributed by atoms with Crippen LogP contribution in [0.1, 0.15) is 41.3 Å². The molecule has 0 N–H and O–H groups in total. The van der Waals surface area contributed by atoms with Crippen molar-refractivity contribution in [2.75, 3.05) is 19.7 Å². The third-order valence-corrected chi connectivity index (χ3v) is 7.94. The van der Waals surface area contributed by atoms with Crippen LogP contribution in [0.5, 0.6) is 5.75 Å². The number of carbonyl (C=O) groups is 1. The number of ether oxygens (including phenoxy) is 1. The lowest BCUT2D eigenvalue weighted by Crippen LogP contribution is -2.41. The molecule has 2 aromatic heterocycles. The SMILES string of the molecule is O=C(COc1ccc2c3c(c(=O)oc2c1)CCC3)N1CCC[C@@H](c2nc3ccccc3s2)C1. The number of rotatable bonds is 4. The first kappa shape index (κ1) is 20.4. The number of aryl methyl sites for hydroxylation is 1. The second-order valence-electron chi connectivity index (χ2n) is 8.85. The number of benzene rings is 2. The van der Waals surface area contributed by atoms with E-state index in [0.29, 0.717) is 17.9 Å². The summed E-state index contributed by atoms with van der Waals surface area (Å²) in [6.45, 7) is 1.37. The number of amides is 1. The van der Waals surface area contributed by atoms with Crippen molar-refractivity contribution < 1.29 is 13.9 Å². The van der Waals surface area contributed by atoms with E-state index in [1.54, 1.807) is 17.4 Å². The second kappa shape index (κ2) is 8.30. The quantitative estimate of drug-likeness (QED) is 0.414. The van der Waals surface area contributed by atoms with Crippen molar-refractivity contribution in [3.8, 4) is 5.75 Å². The molecular formula is C26H24N2O4S. The molecule has 1 aliphatic carbocycles. The minimum Gasteiger partial charge on any atom is -0.484 e. The molecule has 3 heterocycles. The molecule has 33 heavy (non-hydrogen) atoms. The van der Waals surface area contributed by atoms with E-state index >= 15 is 0 Å². The Hall–Kier alpha value is -3.19. The van der Waals surface area contributed by atoms with Crippen LogP contribution in [0, 0.1) is 0 Å². The monoisotopic (exact) mass is 460 g/mol. The van der Waals surface area contributed by atoms with Crippen molar-refractivity contribution >= 4 is 38.4 Å². The summed E-state index contributed by atoms with van der Waals surface area (Å²) in [7, 11) is 0. The zero-order valence-corrected chi connectivity index (χ0v) is 19.0. The van der Waals surface area contributed by atoms with Crippen molar-refractivity contribution in [2.24, 2.45) is 0 Å². The molecule has 0 saturated carbocycles. The Balaban J connectivity index is 1.14. The van der Waals surface area contributed by atoms with E-state index in [0.717, 1.165) is 65.7 Å². The van der Waals surface area contributed by atoms with Gasteiger partial charge in [0.1, 0.15) is 11.3 Å². The molecule has 0 spiro atoms. The number of thiazole rings is 1. The Morgan fingerprint density at radius 2 is 2.03 bits per heavy atom. The predicted molar refractivity (Wildman–Crippen MR) is 128 cm³/mol. The number of para-hydroxylation sites is 1. The fourth-order valence-corrected chi connectivity index (χ4v) is 6.15. The molecule has 168 valence electrons. The topological polar surface area (TPSA) is 72.6 Å². The maximum absolute atomic E-state index is 12.9. The fourth-order valence-electron chi connectivity index (χ4n) is 5.06. The molecule has 2 aliphatic rings. The Morgan fingerprint density at radius 3 is 2.94 bits per heavy atom. The van der Waals surface area contributed by atoms with Gasteiger partial charge in [-0.05, 0) is 61.9 Å². The number of hydrogen-bond acceptors (Lipinski definition) is 6. The molecule has 1 saturated heterocycles. The average molecular weight is 461 g/mol. The van der Waals surface area contributed by atoms with Crippen LogP contribution in [0.15, 0.2) is 51.7 Å². The minimum absolute atomic E-state index is 0.0312. The number of piperidine rings is 1. The van der Waals surface area contributed by atoms with Gasteiger partial charge in [0, 0.05) is 36.0 Å². The maximum Gasteiger partial charge on any atom is 0.339 e. The van der Waals surface area contributed by atoms with Gasteiger partial charge in [-0.25, -0.2) is 9.78 Å². The van der Waals surface area contributed by atoms with Crippen LogP contribution in [-0.4, -0.2) is 35.5 Å². The molecule has 1 aliphatic heterocycles. The summed E-state index contributed by atoms with van der Waals surface area (Å²) < 4.78 is 12.5. The maximum atomic E-state index is 12.9. The summed E-state index contributed by atoms with van der Waals surface area (Å²) in [5.41, 5.74) is 3.20. The smallest absolute Gasteiger partial charge is 0.339 e. The summed E-state index contributed by atoms with van der Waals surface area (Å²) in [6, 6.07) is 13.7. The summed E-state index contributed by atoms with van der Waals surface area (Å²) >= 11 is 1.72. The van der Waals surface area contributed by atoms with Gasteiger partial charge >= 0.3 is 5.63 Å². The minimum atomic E-state index is -0.252. The number of fused-ring (bicyclic) bond motifs is 4. The number of likely N-dealkylation sites (tertiary alicyclic amines) is 1. The highest BCUT2D eigenvalue weighted by Gasteiger charge is 2.27. The molecule has 6 nitrogen and oxygen atoms in total. The number of nitrogens with zero attached hydrogens (tertiary/aromatic N) is 2. The Bertz CT molecular complexity index is 1390. The fraction of sp³-hybridized carbons (Fsp3) is 0.346. The van der Waals surface area contributed by atoms with Gasteiger partial charge in [0.25, 0.3) is 5.91 Å². The summed E-state index contributed by atoms with van der Waals surface area (Å²) in [6.07, 6.45) is 4.67. The summed E-state index contributed by atoms with van der Waals surface area (Å²) in [4.78, 5) is 31.8. The molecule has 7 heteroatoms. The molecule has 4 aromatic rings. The van der Waals surface area contributed by atoms with Gasteiger partial charge in [-0.2, -0.15) is 0 Å². The zero-order valence-electron chi connectivity index (χ0n) is 18.2. The number of aromatic nitrogens is 1. The summed E-state index contributed by atoms with van der Waals surface area (Å²) in [5, 5.41) is 2.07. The van der Waals surface area contributed by atoms with E-state index < -0.39 is 0 Å². The van der Waals surface area contributed by atoms with Gasteiger partial charge in [-0.15, -0.1) is 11.3 Å². The molecule has 1 amide bonds. The highest BCUT2D eigenvalue weighted by Crippen LogP contribution is 2.33. The Morgan fingerprint density at radius 1 is 1.15 bits per heavy atom. The van der Waals surface area contributed by atoms with Crippen LogP contribution in [0.25, 0.3) is 21.2 Å². The second-order valence-corrected chi connectivity index (χ2v) is 9.91. The molecule has 0 unspecified atom stereocenters. The lowest BCUT2D eigenvalue weighted by atomic mass is 9.99. The first-order valence-electron chi connectivity index (χ1n) is 11.5. The first-order chi connectivity index (χ1) is 16.2. The van der Waals surface area contributed by atoms with Crippen molar-refractivity contribution in [3.63, 3.8) is 0 Å². The van der Waals surface area contributed by atoms with Crippen molar-refractivity contribution in [3.05, 3.63) is 69.0 Å². The average Bonchev–Trinajstić information content (AvgIpc) is 3.50. The molecule has 0 bridgehead atoms. The van der Waals surface area contributed by atoms with E-state index in [1.165, 1.54) is 4.70 Å². The van der Waals surface area contributed by atoms with Crippen molar-refractivity contribution in [1.29, 1.82) is 0 Å². The third kappa shape index (κ3) is 3.80. The molecular weight excluding hydrogens is 436 g/mol. The van der Waals surface area contributed by atoms with Crippen LogP contribution in [0.2, 0.25) is 0 Å². The summed E-state index contributed by atoms with van der Waals surface area (Å²) in [5.74, 6) is 0.769. The van der Waals surface area contributed by atoms with E-state index in [4.69, 9.17) is 14.1 Å². The van der Waals surface area contributed by atoms with Crippen LogP contribution in [-0.2, 0) is 17.6 Å². The van der Waals surface area contributed by atoms with Gasteiger partial charge in [0.15, 0.2) is 6.61 Å². The zero-order chi connectivity index (χ0) is 22.4. The molecule has 2 aromatic carbocycles. The van der Waals surface area contributed by atoms with E-state index in [1.807, 2.05) is 35.2 Å². The standard InChI is InChI=1S/C26H24N2O4S/c29-24(28-12-4-5-16(14-28)25-27-21-8-1-2-9-23(21)33-25)15-31-17-10-11-19-18-6-3-7-20(18)26(30)32-22(19)13-17/h1-2,8-11,13,16H,3-7,12,14-15H2/t16-/m1/s1. The number of carbonyl (C=O) groups excluding carboxylic acids is 1. The van der Waals surface area contributed by atoms with E-state index in [9.17, 15) is 9.59 Å². The van der Waals surface area contributed by atoms with Gasteiger partial charge < -0.3 is 14.1 Å². The van der Waals surface area contributed by atoms with E-state index in [2.05, 4.69) is 6.07 Å². The highest BCUT2D eigenvalue weighted by molar-refractivity contribution is 7.18. The highest BCUT2D eigenvalue weighted by atomic mass is 32.1. The predicted octanol–water partition coefficient (Wildman–Crippen LogP) is 4.68. The third-order valence-electron chi connectivity index (χ3n) is 6.74. The first-order valence-corrected chi connectivity index (χ1v) is 12.3. The van der Waals surface area contributed by atoms with Gasteiger partial charge in [0.2, 0.25) is 0 Å². The Labute approximate surface area is 194 Å². The van der Waals surface area contributed by atoms with Gasteiger partial charge in [-0.3, -0.25) is 4.79 Å². The molecule has 1 fully saturated rings. The normalized spacial score (nSPS) is 18.1. The molecule has 0 radical (unpaired) electrons. The lowest BCUT2D eigenvalue weighted by Gasteiger charge is -2.31. The van der Waals surface area contributed by atoms with Gasteiger partial charge in [-0.1, -0.05) is 12.1 Å². The van der Waals surface area contributed by atoms with Crippen LogP contribution in [0.3, 0.4) is 0 Å². The van der Waals surface area contributed by atoms with Crippen LogP contribution in [0.4, 0.5) is 0 Å². The van der Waals surface area contributed by atoms with Crippen molar-refractivity contribution in [2.45, 2.75) is 38.0 Å². The Kier molecular flexibility index (Phi) is 5.14. The molecule has 1 atom stereocenters. The number of hydrogen-bond donors (Lipinski definition) is 0. The van der Waals surface area contributed by atoms with E-state index in [-0.39, 0.29) is 24.1 Å². The van der Waals surface area contributed by atoms with Crippen LogP contribution < -0.4 is 10.4 Å². The lowest BCUT2D eigenvalue weighted by molar-refractivity contribution is -0.134. The van der Waals surface area contributed by atoms with Crippen LogP contribution >= 0.6 is 11.3 Å². The molecule has 6 rings (SSSR count). The largest absolute Gasteiger partial charge is 0.484 e.